The lowest BCUT2D eigenvalue weighted by Crippen LogP contribution is -2.49. The van der Waals surface area contributed by atoms with Gasteiger partial charge >= 0.3 is 0 Å². The quantitative estimate of drug-likeness (QED) is 0.550. The number of ketones is 1. The fourth-order valence-electron chi connectivity index (χ4n) is 3.79. The summed E-state index contributed by atoms with van der Waals surface area (Å²) in [6, 6.07) is 8.20. The number of nitrogens with zero attached hydrogens (tertiary/aromatic N) is 3. The highest BCUT2D eigenvalue weighted by molar-refractivity contribution is 8.23. The van der Waals surface area contributed by atoms with Gasteiger partial charge in [0.2, 0.25) is 5.91 Å². The first-order valence-electron chi connectivity index (χ1n) is 10.0. The Morgan fingerprint density at radius 2 is 1.75 bits per heavy atom. The molecule has 0 aromatic heterocycles. The first-order valence-corrected chi connectivity index (χ1v) is 11.4. The van der Waals surface area contributed by atoms with E-state index in [-0.39, 0.29) is 11.7 Å². The molecular formula is C21H29N3O2S2. The minimum atomic E-state index is 0.0799. The number of anilines is 1. The van der Waals surface area contributed by atoms with Crippen LogP contribution in [-0.4, -0.2) is 70.3 Å². The first kappa shape index (κ1) is 21.1. The normalized spacial score (nSPS) is 20.2. The highest BCUT2D eigenvalue weighted by Gasteiger charge is 2.24. The van der Waals surface area contributed by atoms with Gasteiger partial charge in [-0.1, -0.05) is 24.0 Å². The van der Waals surface area contributed by atoms with Crippen LogP contribution in [0.2, 0.25) is 0 Å². The summed E-state index contributed by atoms with van der Waals surface area (Å²) in [5, 5.41) is 0. The summed E-state index contributed by atoms with van der Waals surface area (Å²) in [5.41, 5.74) is 1.83. The number of carbonyl (C=O) groups excluding carboxylic acids is 2. The van der Waals surface area contributed by atoms with Crippen LogP contribution < -0.4 is 4.90 Å². The molecule has 2 fully saturated rings. The van der Waals surface area contributed by atoms with E-state index in [4.69, 9.17) is 12.2 Å². The van der Waals surface area contributed by atoms with E-state index in [9.17, 15) is 9.59 Å². The van der Waals surface area contributed by atoms with Crippen LogP contribution in [0.1, 0.15) is 43.5 Å². The zero-order chi connectivity index (χ0) is 20.1. The summed E-state index contributed by atoms with van der Waals surface area (Å²) in [6.45, 7) is 7.88. The van der Waals surface area contributed by atoms with Crippen molar-refractivity contribution >= 4 is 45.7 Å². The summed E-state index contributed by atoms with van der Waals surface area (Å²) in [5.74, 6) is 0.676. The Bertz CT molecular complexity index is 715. The topological polar surface area (TPSA) is 43.9 Å². The van der Waals surface area contributed by atoms with Gasteiger partial charge in [0, 0.05) is 50.0 Å². The summed E-state index contributed by atoms with van der Waals surface area (Å²) < 4.78 is 0.866. The van der Waals surface area contributed by atoms with Crippen LogP contribution in [0.25, 0.3) is 0 Å². The van der Waals surface area contributed by atoms with Crippen molar-refractivity contribution in [1.29, 1.82) is 0 Å². The van der Waals surface area contributed by atoms with Gasteiger partial charge in [0.05, 0.1) is 5.75 Å². The van der Waals surface area contributed by atoms with Crippen LogP contribution in [0.3, 0.4) is 0 Å². The van der Waals surface area contributed by atoms with Gasteiger partial charge in [-0.25, -0.2) is 0 Å². The number of Topliss-reactive ketones (excluding diaryl/α,β-unsaturated/α-hetero) is 1. The molecule has 1 atom stereocenters. The molecule has 2 saturated heterocycles. The van der Waals surface area contributed by atoms with Crippen molar-refractivity contribution in [3.63, 3.8) is 0 Å². The molecule has 2 aliphatic heterocycles. The lowest BCUT2D eigenvalue weighted by Gasteiger charge is -2.37. The Morgan fingerprint density at radius 3 is 2.36 bits per heavy atom. The fraction of sp³-hybridized carbons (Fsp3) is 0.571. The number of amides is 1. The standard InChI is InChI=1S/C21H29N3O2S2/c1-16-5-3-4-10-24(16)21(27)28-15-20(26)23-13-11-22(12-14-23)19-8-6-18(7-9-19)17(2)25/h6-9,16H,3-5,10-15H2,1-2H3/t16-/m1/s1. The third-order valence-electron chi connectivity index (χ3n) is 5.63. The molecule has 1 aromatic carbocycles. The van der Waals surface area contributed by atoms with E-state index >= 15 is 0 Å². The van der Waals surface area contributed by atoms with Crippen molar-refractivity contribution in [3.05, 3.63) is 29.8 Å². The number of hydrogen-bond donors (Lipinski definition) is 0. The molecule has 0 spiro atoms. The summed E-state index contributed by atoms with van der Waals surface area (Å²) in [4.78, 5) is 30.5. The van der Waals surface area contributed by atoms with Crippen molar-refractivity contribution < 1.29 is 9.59 Å². The Labute approximate surface area is 177 Å². The predicted molar refractivity (Wildman–Crippen MR) is 120 cm³/mol. The van der Waals surface area contributed by atoms with Crippen LogP contribution in [-0.2, 0) is 4.79 Å². The number of benzene rings is 1. The highest BCUT2D eigenvalue weighted by atomic mass is 32.2. The summed E-state index contributed by atoms with van der Waals surface area (Å²) in [7, 11) is 0. The predicted octanol–water partition coefficient (Wildman–Crippen LogP) is 3.43. The first-order chi connectivity index (χ1) is 13.5. The Hall–Kier alpha value is -1.60. The Balaban J connectivity index is 1.44. The van der Waals surface area contributed by atoms with Crippen molar-refractivity contribution in [2.45, 2.75) is 39.2 Å². The van der Waals surface area contributed by atoms with E-state index in [2.05, 4.69) is 16.7 Å². The number of carbonyl (C=O) groups is 2. The second kappa shape index (κ2) is 9.74. The monoisotopic (exact) mass is 419 g/mol. The van der Waals surface area contributed by atoms with E-state index in [0.717, 1.165) is 48.3 Å². The van der Waals surface area contributed by atoms with E-state index < -0.39 is 0 Å². The lowest BCUT2D eigenvalue weighted by molar-refractivity contribution is -0.128. The number of piperazine rings is 1. The minimum Gasteiger partial charge on any atom is -0.368 e. The van der Waals surface area contributed by atoms with E-state index in [1.54, 1.807) is 6.92 Å². The molecule has 0 aliphatic carbocycles. The van der Waals surface area contributed by atoms with Crippen LogP contribution in [0.4, 0.5) is 5.69 Å². The SMILES string of the molecule is CC(=O)c1ccc(N2CCN(C(=O)CSC(=S)N3CCCC[C@H]3C)CC2)cc1. The number of likely N-dealkylation sites (tertiary alicyclic amines) is 1. The molecule has 1 amide bonds. The molecule has 0 radical (unpaired) electrons. The van der Waals surface area contributed by atoms with Crippen LogP contribution >= 0.6 is 24.0 Å². The molecular weight excluding hydrogens is 390 g/mol. The fourth-order valence-corrected chi connectivity index (χ4v) is 5.10. The summed E-state index contributed by atoms with van der Waals surface area (Å²) in [6.07, 6.45) is 3.64. The van der Waals surface area contributed by atoms with Gasteiger partial charge in [-0.05, 0) is 57.4 Å². The van der Waals surface area contributed by atoms with Crippen molar-refractivity contribution in [1.82, 2.24) is 9.80 Å². The number of hydrogen-bond acceptors (Lipinski definition) is 5. The average Bonchev–Trinajstić information content (AvgIpc) is 2.72. The maximum Gasteiger partial charge on any atom is 0.233 e. The molecule has 3 rings (SSSR count). The van der Waals surface area contributed by atoms with Gasteiger partial charge in [-0.3, -0.25) is 9.59 Å². The molecule has 2 heterocycles. The smallest absolute Gasteiger partial charge is 0.233 e. The van der Waals surface area contributed by atoms with E-state index in [1.807, 2.05) is 29.2 Å². The van der Waals surface area contributed by atoms with E-state index in [0.29, 0.717) is 11.8 Å². The zero-order valence-electron chi connectivity index (χ0n) is 16.7. The molecule has 1 aromatic rings. The molecule has 2 aliphatic rings. The van der Waals surface area contributed by atoms with E-state index in [1.165, 1.54) is 31.0 Å². The van der Waals surface area contributed by atoms with Gasteiger partial charge in [-0.2, -0.15) is 0 Å². The van der Waals surface area contributed by atoms with Gasteiger partial charge < -0.3 is 14.7 Å². The number of rotatable bonds is 4. The second-order valence-corrected chi connectivity index (χ2v) is 9.17. The Kier molecular flexibility index (Phi) is 7.35. The zero-order valence-corrected chi connectivity index (χ0v) is 18.4. The highest BCUT2D eigenvalue weighted by Crippen LogP contribution is 2.22. The van der Waals surface area contributed by atoms with Gasteiger partial charge in [-0.15, -0.1) is 0 Å². The molecule has 0 bridgehead atoms. The molecule has 0 N–H and O–H groups in total. The summed E-state index contributed by atoms with van der Waals surface area (Å²) >= 11 is 7.08. The third-order valence-corrected chi connectivity index (χ3v) is 7.09. The molecule has 5 nitrogen and oxygen atoms in total. The molecule has 28 heavy (non-hydrogen) atoms. The number of thioether (sulfide) groups is 1. The number of piperidine rings is 1. The number of thiocarbonyl (C=S) groups is 1. The molecule has 0 unspecified atom stereocenters. The van der Waals surface area contributed by atoms with Crippen LogP contribution in [0, 0.1) is 0 Å². The maximum absolute atomic E-state index is 12.6. The van der Waals surface area contributed by atoms with Gasteiger partial charge in [0.25, 0.3) is 0 Å². The van der Waals surface area contributed by atoms with Crippen molar-refractivity contribution in [2.24, 2.45) is 0 Å². The lowest BCUT2D eigenvalue weighted by atomic mass is 10.1. The van der Waals surface area contributed by atoms with Crippen molar-refractivity contribution in [3.8, 4) is 0 Å². The average molecular weight is 420 g/mol. The minimum absolute atomic E-state index is 0.0799. The van der Waals surface area contributed by atoms with Crippen molar-refractivity contribution in [2.75, 3.05) is 43.4 Å². The van der Waals surface area contributed by atoms with Gasteiger partial charge in [0.15, 0.2) is 5.78 Å². The largest absolute Gasteiger partial charge is 0.368 e. The molecule has 0 saturated carbocycles. The molecule has 152 valence electrons. The second-order valence-electron chi connectivity index (χ2n) is 7.56. The maximum atomic E-state index is 12.6. The molecule has 7 heteroatoms. The van der Waals surface area contributed by atoms with Gasteiger partial charge in [0.1, 0.15) is 4.32 Å². The third kappa shape index (κ3) is 5.26. The van der Waals surface area contributed by atoms with Crippen LogP contribution in [0.15, 0.2) is 24.3 Å². The van der Waals surface area contributed by atoms with Crippen LogP contribution in [0.5, 0.6) is 0 Å². The Morgan fingerprint density at radius 1 is 1.07 bits per heavy atom.